The number of thioether (sulfide) groups is 1. The van der Waals surface area contributed by atoms with Gasteiger partial charge >= 0.3 is 7.60 Å². The highest BCUT2D eigenvalue weighted by Crippen LogP contribution is 2.60. The Balaban J connectivity index is 2.41. The van der Waals surface area contributed by atoms with Crippen LogP contribution in [0.2, 0.25) is 0 Å². The maximum atomic E-state index is 13.4. The summed E-state index contributed by atoms with van der Waals surface area (Å²) >= 11 is 1.61. The van der Waals surface area contributed by atoms with Crippen molar-refractivity contribution >= 4 is 30.7 Å². The van der Waals surface area contributed by atoms with Crippen molar-refractivity contribution in [1.82, 2.24) is 0 Å². The molecule has 0 aromatic heterocycles. The summed E-state index contributed by atoms with van der Waals surface area (Å²) in [6.45, 7) is 3.98. The third kappa shape index (κ3) is 5.56. The lowest BCUT2D eigenvalue weighted by molar-refractivity contribution is -0.384. The lowest BCUT2D eigenvalue weighted by atomic mass is 10.2. The van der Waals surface area contributed by atoms with Crippen molar-refractivity contribution in [2.24, 2.45) is 0 Å². The van der Waals surface area contributed by atoms with E-state index in [9.17, 15) is 14.7 Å². The average molecular weight is 410 g/mol. The maximum absolute atomic E-state index is 13.4. The highest BCUT2D eigenvalue weighted by molar-refractivity contribution is 7.98. The fraction of sp³-hybridized carbons (Fsp3) is 0.333. The lowest BCUT2D eigenvalue weighted by Gasteiger charge is -2.28. The summed E-state index contributed by atoms with van der Waals surface area (Å²) in [4.78, 5) is 11.5. The van der Waals surface area contributed by atoms with Crippen LogP contribution in [0.4, 0.5) is 11.4 Å². The van der Waals surface area contributed by atoms with Crippen LogP contribution in [0.25, 0.3) is 0 Å². The summed E-state index contributed by atoms with van der Waals surface area (Å²) in [7, 11) is -3.52. The van der Waals surface area contributed by atoms with Gasteiger partial charge in [0.1, 0.15) is 0 Å². The first-order chi connectivity index (χ1) is 12.9. The highest BCUT2D eigenvalue weighted by atomic mass is 32.2. The zero-order chi connectivity index (χ0) is 19.9. The summed E-state index contributed by atoms with van der Waals surface area (Å²) in [6, 6.07) is 13.6. The van der Waals surface area contributed by atoms with Crippen LogP contribution in [0.3, 0.4) is 0 Å². The van der Waals surface area contributed by atoms with Crippen LogP contribution < -0.4 is 5.32 Å². The van der Waals surface area contributed by atoms with E-state index in [1.165, 1.54) is 12.1 Å². The van der Waals surface area contributed by atoms with Gasteiger partial charge in [0.2, 0.25) is 0 Å². The molecule has 0 spiro atoms. The first kappa shape index (κ1) is 21.4. The number of nitrogens with one attached hydrogen (secondary N) is 1. The van der Waals surface area contributed by atoms with Crippen molar-refractivity contribution in [1.29, 1.82) is 0 Å². The Morgan fingerprint density at radius 1 is 1.07 bits per heavy atom. The zero-order valence-electron chi connectivity index (χ0n) is 15.5. The minimum Gasteiger partial charge on any atom is -0.368 e. The minimum absolute atomic E-state index is 0.0146. The molecule has 0 fully saturated rings. The average Bonchev–Trinajstić information content (AvgIpc) is 2.67. The Kier molecular flexibility index (Phi) is 7.86. The molecule has 27 heavy (non-hydrogen) atoms. The second-order valence-electron chi connectivity index (χ2n) is 5.50. The third-order valence-electron chi connectivity index (χ3n) is 3.75. The number of anilines is 1. The van der Waals surface area contributed by atoms with E-state index in [4.69, 9.17) is 9.05 Å². The molecular weight excluding hydrogens is 387 g/mol. The van der Waals surface area contributed by atoms with Gasteiger partial charge in [-0.1, -0.05) is 12.1 Å². The van der Waals surface area contributed by atoms with Gasteiger partial charge in [-0.2, -0.15) is 0 Å². The Bertz CT molecular complexity index is 788. The molecule has 0 aliphatic rings. The molecule has 0 aliphatic heterocycles. The van der Waals surface area contributed by atoms with Gasteiger partial charge in [0, 0.05) is 22.7 Å². The van der Waals surface area contributed by atoms with Gasteiger partial charge in [0.15, 0.2) is 5.78 Å². The number of nitro benzene ring substituents is 1. The van der Waals surface area contributed by atoms with Gasteiger partial charge in [-0.15, -0.1) is 11.8 Å². The molecule has 1 unspecified atom stereocenters. The molecule has 1 atom stereocenters. The van der Waals surface area contributed by atoms with Crippen LogP contribution in [0, 0.1) is 10.1 Å². The predicted molar refractivity (Wildman–Crippen MR) is 109 cm³/mol. The molecule has 146 valence electrons. The van der Waals surface area contributed by atoms with Crippen molar-refractivity contribution < 1.29 is 18.5 Å². The molecular formula is C18H23N2O5PS. The topological polar surface area (TPSA) is 90.7 Å². The Hall–Kier alpha value is -1.86. The molecule has 0 aliphatic carbocycles. The standard InChI is InChI=1S/C18H23N2O5PS/c1-4-24-26(23,25-5-2)18(14-6-12-17(27-3)13-7-14)19-15-8-10-16(11-9-15)20(21)22/h6-13,18-19H,4-5H2,1-3H3. The number of rotatable bonds is 10. The molecule has 9 heteroatoms. The molecule has 1 N–H and O–H groups in total. The van der Waals surface area contributed by atoms with E-state index >= 15 is 0 Å². The fourth-order valence-electron chi connectivity index (χ4n) is 2.51. The number of non-ortho nitro benzene ring substituents is 1. The van der Waals surface area contributed by atoms with Crippen LogP contribution in [0.1, 0.15) is 25.2 Å². The van der Waals surface area contributed by atoms with Crippen molar-refractivity contribution in [2.45, 2.75) is 24.5 Å². The fourth-order valence-corrected chi connectivity index (χ4v) is 4.86. The SMILES string of the molecule is CCOP(=O)(OCC)C(Nc1ccc([N+](=O)[O-])cc1)c1ccc(SC)cc1. The van der Waals surface area contributed by atoms with Crippen molar-refractivity contribution in [3.8, 4) is 0 Å². The normalized spacial score (nSPS) is 12.6. The van der Waals surface area contributed by atoms with E-state index in [-0.39, 0.29) is 18.9 Å². The Labute approximate surface area is 163 Å². The lowest BCUT2D eigenvalue weighted by Crippen LogP contribution is -2.15. The monoisotopic (exact) mass is 410 g/mol. The molecule has 0 heterocycles. The smallest absolute Gasteiger partial charge is 0.357 e. The molecule has 2 rings (SSSR count). The van der Waals surface area contributed by atoms with Crippen LogP contribution in [-0.2, 0) is 13.6 Å². The summed E-state index contributed by atoms with van der Waals surface area (Å²) in [5, 5.41) is 14.0. The van der Waals surface area contributed by atoms with E-state index in [1.807, 2.05) is 30.5 Å². The molecule has 2 aromatic rings. The zero-order valence-corrected chi connectivity index (χ0v) is 17.2. The van der Waals surface area contributed by atoms with Crippen LogP contribution >= 0.6 is 19.4 Å². The molecule has 2 aromatic carbocycles. The van der Waals surface area contributed by atoms with Crippen LogP contribution in [0.15, 0.2) is 53.4 Å². The quantitative estimate of drug-likeness (QED) is 0.233. The summed E-state index contributed by atoms with van der Waals surface area (Å²) in [5.41, 5.74) is 1.31. The van der Waals surface area contributed by atoms with E-state index in [1.54, 1.807) is 37.7 Å². The van der Waals surface area contributed by atoms with Gasteiger partial charge in [-0.25, -0.2) is 0 Å². The number of nitro groups is 1. The minimum atomic E-state index is -3.52. The first-order valence-corrected chi connectivity index (χ1v) is 11.3. The van der Waals surface area contributed by atoms with Gasteiger partial charge < -0.3 is 14.4 Å². The van der Waals surface area contributed by atoms with Crippen molar-refractivity contribution in [3.05, 3.63) is 64.2 Å². The first-order valence-electron chi connectivity index (χ1n) is 8.47. The molecule has 0 radical (unpaired) electrons. The van der Waals surface area contributed by atoms with Gasteiger partial charge in [0.25, 0.3) is 5.69 Å². The Morgan fingerprint density at radius 2 is 1.63 bits per heavy atom. The van der Waals surface area contributed by atoms with Gasteiger partial charge in [-0.05, 0) is 49.9 Å². The summed E-state index contributed by atoms with van der Waals surface area (Å²) < 4.78 is 24.5. The number of benzene rings is 2. The maximum Gasteiger partial charge on any atom is 0.357 e. The van der Waals surface area contributed by atoms with Crippen LogP contribution in [0.5, 0.6) is 0 Å². The van der Waals surface area contributed by atoms with Crippen LogP contribution in [-0.4, -0.2) is 24.4 Å². The second kappa shape index (κ2) is 9.90. The molecule has 0 bridgehead atoms. The van der Waals surface area contributed by atoms with E-state index in [2.05, 4.69) is 5.32 Å². The second-order valence-corrected chi connectivity index (χ2v) is 8.49. The predicted octanol–water partition coefficient (Wildman–Crippen LogP) is 5.69. The van der Waals surface area contributed by atoms with E-state index < -0.39 is 18.3 Å². The molecule has 0 saturated heterocycles. The summed E-state index contributed by atoms with van der Waals surface area (Å²) in [5.74, 6) is -0.741. The van der Waals surface area contributed by atoms with E-state index in [0.717, 1.165) is 10.5 Å². The molecule has 7 nitrogen and oxygen atoms in total. The highest BCUT2D eigenvalue weighted by Gasteiger charge is 2.37. The van der Waals surface area contributed by atoms with Crippen molar-refractivity contribution in [2.75, 3.05) is 24.8 Å². The molecule has 0 amide bonds. The molecule has 0 saturated carbocycles. The number of nitrogens with zero attached hydrogens (tertiary/aromatic N) is 1. The number of hydrogen-bond acceptors (Lipinski definition) is 7. The van der Waals surface area contributed by atoms with Gasteiger partial charge in [0.05, 0.1) is 18.1 Å². The van der Waals surface area contributed by atoms with Gasteiger partial charge in [-0.3, -0.25) is 14.7 Å². The largest absolute Gasteiger partial charge is 0.368 e. The van der Waals surface area contributed by atoms with E-state index in [0.29, 0.717) is 5.69 Å². The Morgan fingerprint density at radius 3 is 2.07 bits per heavy atom. The third-order valence-corrected chi connectivity index (χ3v) is 6.79. The summed E-state index contributed by atoms with van der Waals surface area (Å²) in [6.07, 6.45) is 1.98. The van der Waals surface area contributed by atoms with Crippen molar-refractivity contribution in [3.63, 3.8) is 0 Å². The number of hydrogen-bond donors (Lipinski definition) is 1.